The van der Waals surface area contributed by atoms with Crippen LogP contribution in [0.25, 0.3) is 10.9 Å². The Balaban J connectivity index is 1.35. The van der Waals surface area contributed by atoms with Crippen LogP contribution in [-0.4, -0.2) is 46.5 Å². The topological polar surface area (TPSA) is 45.6 Å². The lowest BCUT2D eigenvalue weighted by Crippen LogP contribution is -2.50. The third kappa shape index (κ3) is 3.06. The highest BCUT2D eigenvalue weighted by atomic mass is 16.2. The van der Waals surface area contributed by atoms with E-state index >= 15 is 0 Å². The van der Waals surface area contributed by atoms with E-state index in [1.165, 1.54) is 12.8 Å². The van der Waals surface area contributed by atoms with E-state index < -0.39 is 0 Å². The van der Waals surface area contributed by atoms with E-state index in [1.54, 1.807) is 4.57 Å². The van der Waals surface area contributed by atoms with Gasteiger partial charge in [-0.1, -0.05) is 18.2 Å². The zero-order valence-corrected chi connectivity index (χ0v) is 16.7. The van der Waals surface area contributed by atoms with Gasteiger partial charge in [0.1, 0.15) is 0 Å². The number of carbonyl (C=O) groups excluding carboxylic acids is 1. The van der Waals surface area contributed by atoms with Crippen molar-refractivity contribution in [3.63, 3.8) is 0 Å². The molecule has 5 heteroatoms. The number of pyridine rings is 1. The number of aryl methyl sites for hydroxylation is 1. The van der Waals surface area contributed by atoms with Crippen LogP contribution in [0.15, 0.2) is 35.1 Å². The third-order valence-electron chi connectivity index (χ3n) is 7.03. The van der Waals surface area contributed by atoms with Crippen molar-refractivity contribution in [2.45, 2.75) is 38.6 Å². The van der Waals surface area contributed by atoms with E-state index in [0.717, 1.165) is 67.8 Å². The van der Waals surface area contributed by atoms with Crippen LogP contribution >= 0.6 is 0 Å². The van der Waals surface area contributed by atoms with E-state index in [1.807, 2.05) is 31.3 Å². The lowest BCUT2D eigenvalue weighted by molar-refractivity contribution is -0.145. The van der Waals surface area contributed by atoms with Crippen molar-refractivity contribution in [1.82, 2.24) is 14.4 Å². The molecule has 2 aromatic rings. The Morgan fingerprint density at radius 1 is 1.11 bits per heavy atom. The molecular weight excluding hydrogens is 350 g/mol. The van der Waals surface area contributed by atoms with Gasteiger partial charge in [0.05, 0.1) is 10.9 Å². The molecule has 5 nitrogen and oxygen atoms in total. The molecular formula is C23H29N3O2. The first-order valence-electron chi connectivity index (χ1n) is 10.7. The predicted octanol–water partition coefficient (Wildman–Crippen LogP) is 2.76. The Kier molecular flexibility index (Phi) is 4.31. The molecule has 0 radical (unpaired) electrons. The van der Waals surface area contributed by atoms with Gasteiger partial charge in [0.25, 0.3) is 5.56 Å². The summed E-state index contributed by atoms with van der Waals surface area (Å²) in [5.74, 6) is 1.12. The molecule has 0 unspecified atom stereocenters. The summed E-state index contributed by atoms with van der Waals surface area (Å²) in [6, 6.07) is 10.1. The number of hydrogen-bond acceptors (Lipinski definition) is 3. The summed E-state index contributed by atoms with van der Waals surface area (Å²) in [7, 11) is 1.85. The second kappa shape index (κ2) is 6.73. The van der Waals surface area contributed by atoms with Crippen LogP contribution in [0.3, 0.4) is 0 Å². The molecule has 0 bridgehead atoms. The Bertz CT molecular complexity index is 977. The van der Waals surface area contributed by atoms with Gasteiger partial charge in [-0.05, 0) is 62.1 Å². The van der Waals surface area contributed by atoms with Gasteiger partial charge in [0.15, 0.2) is 0 Å². The number of para-hydroxylation sites is 1. The molecule has 1 aromatic carbocycles. The maximum Gasteiger partial charge on any atom is 0.255 e. The number of rotatable bonds is 4. The molecule has 1 aliphatic carbocycles. The number of hydrogen-bond donors (Lipinski definition) is 0. The Morgan fingerprint density at radius 2 is 1.93 bits per heavy atom. The fraction of sp³-hybridized carbons (Fsp3) is 0.565. The molecule has 1 atom stereocenters. The molecule has 1 amide bonds. The first-order valence-corrected chi connectivity index (χ1v) is 10.7. The first-order chi connectivity index (χ1) is 13.6. The molecule has 1 spiro atoms. The highest BCUT2D eigenvalue weighted by Gasteiger charge is 2.48. The van der Waals surface area contributed by atoms with Crippen molar-refractivity contribution in [1.29, 1.82) is 0 Å². The molecule has 28 heavy (non-hydrogen) atoms. The summed E-state index contributed by atoms with van der Waals surface area (Å²) < 4.78 is 1.75. The van der Waals surface area contributed by atoms with Crippen LogP contribution in [-0.2, 0) is 18.4 Å². The second-order valence-corrected chi connectivity index (χ2v) is 9.13. The Labute approximate surface area is 165 Å². The largest absolute Gasteiger partial charge is 0.342 e. The molecule has 1 aromatic heterocycles. The van der Waals surface area contributed by atoms with E-state index in [-0.39, 0.29) is 11.0 Å². The van der Waals surface area contributed by atoms with Crippen LogP contribution in [0, 0.1) is 11.3 Å². The average Bonchev–Trinajstić information content (AvgIpc) is 3.43. The summed E-state index contributed by atoms with van der Waals surface area (Å²) >= 11 is 0. The van der Waals surface area contributed by atoms with E-state index in [0.29, 0.717) is 12.5 Å². The molecule has 5 rings (SSSR count). The highest BCUT2D eigenvalue weighted by Crippen LogP contribution is 2.42. The standard InChI is InChI=1S/C23H29N3O2/c1-24-20-6-3-2-5-18(20)13-19(21(24)27)15-25-12-10-23(16-25)9-4-11-26(22(23)28)14-17-7-8-17/h2-3,5-6,13,17H,4,7-12,14-16H2,1H3/t23-/m1/s1. The molecule has 3 aliphatic rings. The van der Waals surface area contributed by atoms with Crippen LogP contribution < -0.4 is 5.56 Å². The molecule has 3 fully saturated rings. The van der Waals surface area contributed by atoms with Crippen LogP contribution in [0.1, 0.15) is 37.7 Å². The lowest BCUT2D eigenvalue weighted by atomic mass is 9.78. The summed E-state index contributed by atoms with van der Waals surface area (Å²) in [5, 5.41) is 1.10. The van der Waals surface area contributed by atoms with Crippen molar-refractivity contribution in [2.75, 3.05) is 26.2 Å². The third-order valence-corrected chi connectivity index (χ3v) is 7.03. The fourth-order valence-corrected chi connectivity index (χ4v) is 5.25. The van der Waals surface area contributed by atoms with Crippen molar-refractivity contribution in [3.05, 3.63) is 46.2 Å². The van der Waals surface area contributed by atoms with Gasteiger partial charge in [-0.3, -0.25) is 14.5 Å². The maximum atomic E-state index is 13.2. The number of amides is 1. The van der Waals surface area contributed by atoms with E-state index in [2.05, 4.69) is 15.9 Å². The van der Waals surface area contributed by atoms with Gasteiger partial charge < -0.3 is 9.47 Å². The van der Waals surface area contributed by atoms with E-state index in [9.17, 15) is 9.59 Å². The van der Waals surface area contributed by atoms with Gasteiger partial charge in [0.2, 0.25) is 5.91 Å². The van der Waals surface area contributed by atoms with Gasteiger partial charge in [-0.2, -0.15) is 0 Å². The minimum absolute atomic E-state index is 0.0741. The molecule has 148 valence electrons. The zero-order chi connectivity index (χ0) is 19.3. The minimum Gasteiger partial charge on any atom is -0.342 e. The Morgan fingerprint density at radius 3 is 2.75 bits per heavy atom. The SMILES string of the molecule is Cn1c(=O)c(CN2CC[C@]3(CCCN(CC4CC4)C3=O)C2)cc2ccccc21. The molecule has 3 heterocycles. The normalized spacial score (nSPS) is 25.9. The molecule has 2 aliphatic heterocycles. The number of carbonyl (C=O) groups is 1. The maximum absolute atomic E-state index is 13.2. The fourth-order valence-electron chi connectivity index (χ4n) is 5.25. The van der Waals surface area contributed by atoms with Crippen LogP contribution in [0.5, 0.6) is 0 Å². The summed E-state index contributed by atoms with van der Waals surface area (Å²) in [4.78, 5) is 30.5. The smallest absolute Gasteiger partial charge is 0.255 e. The van der Waals surface area contributed by atoms with Crippen LogP contribution in [0.2, 0.25) is 0 Å². The average molecular weight is 380 g/mol. The summed E-state index contributed by atoms with van der Waals surface area (Å²) in [5.41, 5.74) is 1.66. The lowest BCUT2D eigenvalue weighted by Gasteiger charge is -2.39. The van der Waals surface area contributed by atoms with Crippen molar-refractivity contribution in [3.8, 4) is 0 Å². The number of aromatic nitrogens is 1. The van der Waals surface area contributed by atoms with Gasteiger partial charge in [0, 0.05) is 38.8 Å². The quantitative estimate of drug-likeness (QED) is 0.821. The summed E-state index contributed by atoms with van der Waals surface area (Å²) in [6.45, 7) is 4.23. The van der Waals surface area contributed by atoms with Crippen molar-refractivity contribution < 1.29 is 4.79 Å². The number of piperidine rings is 1. The number of likely N-dealkylation sites (tertiary alicyclic amines) is 2. The monoisotopic (exact) mass is 379 g/mol. The van der Waals surface area contributed by atoms with Crippen molar-refractivity contribution in [2.24, 2.45) is 18.4 Å². The first kappa shape index (κ1) is 17.9. The number of nitrogens with zero attached hydrogens (tertiary/aromatic N) is 3. The zero-order valence-electron chi connectivity index (χ0n) is 16.7. The Hall–Kier alpha value is -2.14. The molecule has 0 N–H and O–H groups in total. The molecule has 2 saturated heterocycles. The summed E-state index contributed by atoms with van der Waals surface area (Å²) in [6.07, 6.45) is 5.62. The van der Waals surface area contributed by atoms with Crippen molar-refractivity contribution >= 4 is 16.8 Å². The second-order valence-electron chi connectivity index (χ2n) is 9.13. The van der Waals surface area contributed by atoms with Crippen LogP contribution in [0.4, 0.5) is 0 Å². The van der Waals surface area contributed by atoms with E-state index in [4.69, 9.17) is 0 Å². The number of benzene rings is 1. The van der Waals surface area contributed by atoms with Gasteiger partial charge in [-0.25, -0.2) is 0 Å². The van der Waals surface area contributed by atoms with Gasteiger partial charge in [-0.15, -0.1) is 0 Å². The predicted molar refractivity (Wildman–Crippen MR) is 110 cm³/mol. The minimum atomic E-state index is -0.213. The highest BCUT2D eigenvalue weighted by molar-refractivity contribution is 5.84. The number of fused-ring (bicyclic) bond motifs is 1. The van der Waals surface area contributed by atoms with Gasteiger partial charge >= 0.3 is 0 Å². The molecule has 1 saturated carbocycles.